The smallest absolute Gasteiger partial charge is 0.229 e. The molecule has 0 spiro atoms. The fourth-order valence-corrected chi connectivity index (χ4v) is 6.28. The topological polar surface area (TPSA) is 79.4 Å². The average Bonchev–Trinajstić information content (AvgIpc) is 3.01. The van der Waals surface area contributed by atoms with E-state index in [4.69, 9.17) is 0 Å². The molecule has 27 heavy (non-hydrogen) atoms. The van der Waals surface area contributed by atoms with E-state index < -0.39 is 10.0 Å². The molecule has 1 N–H and O–H groups in total. The third kappa shape index (κ3) is 5.10. The Kier molecular flexibility index (Phi) is 6.56. The van der Waals surface area contributed by atoms with Crippen LogP contribution >= 0.6 is 23.1 Å². The second-order valence-electron chi connectivity index (χ2n) is 6.50. The number of hydrogen-bond donors (Lipinski definition) is 1. The number of carbonyl (C=O) groups is 1. The van der Waals surface area contributed by atoms with Gasteiger partial charge in [0.05, 0.1) is 15.7 Å². The van der Waals surface area contributed by atoms with Gasteiger partial charge < -0.3 is 5.32 Å². The van der Waals surface area contributed by atoms with Crippen LogP contribution in [-0.2, 0) is 20.6 Å². The lowest BCUT2D eigenvalue weighted by molar-refractivity contribution is -0.120. The van der Waals surface area contributed by atoms with Gasteiger partial charge in [-0.1, -0.05) is 41.7 Å². The molecule has 1 saturated heterocycles. The lowest BCUT2D eigenvalue weighted by atomic mass is 9.97. The normalized spacial score (nSPS) is 16.4. The molecule has 0 atom stereocenters. The maximum Gasteiger partial charge on any atom is 0.229 e. The molecular weight excluding hydrogens is 402 g/mol. The van der Waals surface area contributed by atoms with Crippen LogP contribution in [0, 0.1) is 12.8 Å². The molecule has 0 radical (unpaired) electrons. The summed E-state index contributed by atoms with van der Waals surface area (Å²) in [7, 11) is -3.36. The van der Waals surface area contributed by atoms with Crippen molar-refractivity contribution in [3.05, 3.63) is 41.6 Å². The van der Waals surface area contributed by atoms with E-state index in [0.29, 0.717) is 31.1 Å². The molecule has 0 unspecified atom stereocenters. The van der Waals surface area contributed by atoms with Crippen molar-refractivity contribution in [3.63, 3.8) is 0 Å². The highest BCUT2D eigenvalue weighted by molar-refractivity contribution is 8.00. The number of nitrogens with one attached hydrogen (secondary N) is 1. The van der Waals surface area contributed by atoms with Crippen molar-refractivity contribution in [3.8, 4) is 0 Å². The van der Waals surface area contributed by atoms with Crippen LogP contribution in [0.4, 0.5) is 5.13 Å². The number of rotatable bonds is 6. The largest absolute Gasteiger partial charge is 0.302 e. The van der Waals surface area contributed by atoms with Crippen molar-refractivity contribution in [1.29, 1.82) is 0 Å². The molecule has 0 aliphatic carbocycles. The molecule has 1 fully saturated rings. The van der Waals surface area contributed by atoms with Crippen molar-refractivity contribution in [1.82, 2.24) is 9.29 Å². The summed E-state index contributed by atoms with van der Waals surface area (Å²) in [6, 6.07) is 9.17. The Morgan fingerprint density at radius 3 is 2.56 bits per heavy atom. The zero-order valence-corrected chi connectivity index (χ0v) is 17.8. The summed E-state index contributed by atoms with van der Waals surface area (Å²) < 4.78 is 27.8. The zero-order chi connectivity index (χ0) is 19.4. The summed E-state index contributed by atoms with van der Waals surface area (Å²) in [5.74, 6) is -0.257. The van der Waals surface area contributed by atoms with E-state index >= 15 is 0 Å². The number of thiazole rings is 1. The summed E-state index contributed by atoms with van der Waals surface area (Å²) in [5.41, 5.74) is 1.70. The second-order valence-corrected chi connectivity index (χ2v) is 10.5. The van der Waals surface area contributed by atoms with Crippen LogP contribution in [0.3, 0.4) is 0 Å². The van der Waals surface area contributed by atoms with E-state index in [9.17, 15) is 13.2 Å². The van der Waals surface area contributed by atoms with Crippen molar-refractivity contribution in [2.75, 3.05) is 24.7 Å². The summed E-state index contributed by atoms with van der Waals surface area (Å²) in [6.07, 6.45) is 3.04. The van der Waals surface area contributed by atoms with Gasteiger partial charge in [0.15, 0.2) is 5.13 Å². The van der Waals surface area contributed by atoms with Crippen LogP contribution in [0.5, 0.6) is 0 Å². The Hall–Kier alpha value is -1.42. The molecule has 1 aliphatic rings. The molecule has 0 bridgehead atoms. The Labute approximate surface area is 168 Å². The third-order valence-corrected chi connectivity index (χ3v) is 8.71. The van der Waals surface area contributed by atoms with Crippen molar-refractivity contribution < 1.29 is 13.2 Å². The van der Waals surface area contributed by atoms with Gasteiger partial charge in [0.1, 0.15) is 0 Å². The Morgan fingerprint density at radius 2 is 1.96 bits per heavy atom. The number of benzene rings is 1. The summed E-state index contributed by atoms with van der Waals surface area (Å²) in [6.45, 7) is 2.68. The van der Waals surface area contributed by atoms with Gasteiger partial charge in [-0.2, -0.15) is 0 Å². The van der Waals surface area contributed by atoms with Crippen LogP contribution < -0.4 is 5.32 Å². The number of aryl methyl sites for hydroxylation is 1. The molecule has 1 aromatic carbocycles. The van der Waals surface area contributed by atoms with E-state index in [1.807, 2.05) is 43.5 Å². The first kappa shape index (κ1) is 20.3. The van der Waals surface area contributed by atoms with Gasteiger partial charge in [-0.05, 0) is 31.6 Å². The number of aromatic nitrogens is 1. The van der Waals surface area contributed by atoms with Crippen molar-refractivity contribution >= 4 is 44.2 Å². The molecular formula is C18H23N3O3S3. The number of hydrogen-bond acceptors (Lipinski definition) is 6. The predicted octanol–water partition coefficient (Wildman–Crippen LogP) is 3.35. The molecule has 9 heteroatoms. The van der Waals surface area contributed by atoms with Crippen LogP contribution in [0.25, 0.3) is 0 Å². The fourth-order valence-electron chi connectivity index (χ4n) is 3.11. The molecule has 3 rings (SSSR count). The van der Waals surface area contributed by atoms with Gasteiger partial charge >= 0.3 is 0 Å². The highest BCUT2D eigenvalue weighted by atomic mass is 32.2. The minimum atomic E-state index is -3.36. The zero-order valence-electron chi connectivity index (χ0n) is 15.3. The number of sulfonamides is 1. The SMILES string of the molecule is CSc1sc(NC(=O)C2CCN(S(=O)(=O)Cc3ccccc3)CC2)nc1C. The minimum Gasteiger partial charge on any atom is -0.302 e. The van der Waals surface area contributed by atoms with E-state index in [1.165, 1.54) is 15.6 Å². The average molecular weight is 426 g/mol. The number of thioether (sulfide) groups is 1. The van der Waals surface area contributed by atoms with Crippen LogP contribution in [0.1, 0.15) is 24.1 Å². The van der Waals surface area contributed by atoms with Gasteiger partial charge in [0.25, 0.3) is 0 Å². The van der Waals surface area contributed by atoms with Crippen LogP contribution in [0.2, 0.25) is 0 Å². The second kappa shape index (κ2) is 8.72. The van der Waals surface area contributed by atoms with Crippen LogP contribution in [0.15, 0.2) is 34.5 Å². The van der Waals surface area contributed by atoms with E-state index in [1.54, 1.807) is 11.8 Å². The Balaban J connectivity index is 1.55. The molecule has 146 valence electrons. The van der Waals surface area contributed by atoms with Gasteiger partial charge in [0, 0.05) is 19.0 Å². The lowest BCUT2D eigenvalue weighted by Gasteiger charge is -2.30. The summed E-state index contributed by atoms with van der Waals surface area (Å²) >= 11 is 3.09. The fraction of sp³-hybridized carbons (Fsp3) is 0.444. The first-order valence-electron chi connectivity index (χ1n) is 8.73. The Bertz CT molecular complexity index is 889. The molecule has 6 nitrogen and oxygen atoms in total. The minimum absolute atomic E-state index is 0.000552. The van der Waals surface area contributed by atoms with Crippen molar-refractivity contribution in [2.24, 2.45) is 5.92 Å². The van der Waals surface area contributed by atoms with Gasteiger partial charge in [-0.15, -0.1) is 11.8 Å². The predicted molar refractivity (Wildman–Crippen MR) is 111 cm³/mol. The summed E-state index contributed by atoms with van der Waals surface area (Å²) in [4.78, 5) is 16.9. The number of carbonyl (C=O) groups excluding carboxylic acids is 1. The quantitative estimate of drug-likeness (QED) is 0.718. The highest BCUT2D eigenvalue weighted by Crippen LogP contribution is 2.31. The Morgan fingerprint density at radius 1 is 1.30 bits per heavy atom. The number of nitrogens with zero attached hydrogens (tertiary/aromatic N) is 2. The molecule has 1 aliphatic heterocycles. The number of amides is 1. The third-order valence-electron chi connectivity index (χ3n) is 4.58. The monoisotopic (exact) mass is 425 g/mol. The lowest BCUT2D eigenvalue weighted by Crippen LogP contribution is -2.41. The standard InChI is InChI=1S/C18H23N3O3S3/c1-13-17(25-2)26-18(19-13)20-16(22)15-8-10-21(11-9-15)27(23,24)12-14-6-4-3-5-7-14/h3-7,15H,8-12H2,1-2H3,(H,19,20,22). The van der Waals surface area contributed by atoms with E-state index in [-0.39, 0.29) is 17.6 Å². The molecule has 0 saturated carbocycles. The van der Waals surface area contributed by atoms with Gasteiger partial charge in [-0.25, -0.2) is 17.7 Å². The van der Waals surface area contributed by atoms with Crippen LogP contribution in [-0.4, -0.2) is 43.0 Å². The highest BCUT2D eigenvalue weighted by Gasteiger charge is 2.31. The van der Waals surface area contributed by atoms with E-state index in [2.05, 4.69) is 10.3 Å². The maximum atomic E-state index is 12.6. The van der Waals surface area contributed by atoms with E-state index in [0.717, 1.165) is 15.5 Å². The van der Waals surface area contributed by atoms with Gasteiger partial charge in [0.2, 0.25) is 15.9 Å². The number of piperidine rings is 1. The molecule has 2 heterocycles. The maximum absolute atomic E-state index is 12.6. The molecule has 1 amide bonds. The van der Waals surface area contributed by atoms with Crippen molar-refractivity contribution in [2.45, 2.75) is 29.7 Å². The summed E-state index contributed by atoms with van der Waals surface area (Å²) in [5, 5.41) is 3.50. The first-order valence-corrected chi connectivity index (χ1v) is 12.4. The number of anilines is 1. The van der Waals surface area contributed by atoms with Gasteiger partial charge in [-0.3, -0.25) is 4.79 Å². The first-order chi connectivity index (χ1) is 12.9. The molecule has 1 aromatic heterocycles. The molecule has 2 aromatic rings.